The molecule has 0 saturated heterocycles. The molecule has 22 heavy (non-hydrogen) atoms. The normalized spacial score (nSPS) is 10.4. The molecule has 0 radical (unpaired) electrons. The summed E-state index contributed by atoms with van der Waals surface area (Å²) in [7, 11) is 0. The first kappa shape index (κ1) is 14.3. The Kier molecular flexibility index (Phi) is 4.20. The van der Waals surface area contributed by atoms with E-state index in [1.54, 1.807) is 12.4 Å². The third-order valence-corrected chi connectivity index (χ3v) is 3.80. The molecular weight excluding hydrogens is 296 g/mol. The molecule has 0 unspecified atom stereocenters. The first-order valence-electron chi connectivity index (χ1n) is 6.79. The number of amides is 1. The zero-order valence-corrected chi connectivity index (χ0v) is 12.8. The van der Waals surface area contributed by atoms with Crippen LogP contribution in [0, 0.1) is 6.92 Å². The molecule has 0 aliphatic carbocycles. The third kappa shape index (κ3) is 3.53. The van der Waals surface area contributed by atoms with Crippen LogP contribution in [-0.4, -0.2) is 20.9 Å². The maximum Gasteiger partial charge on any atom is 0.230 e. The number of anilines is 1. The molecule has 1 aromatic carbocycles. The summed E-state index contributed by atoms with van der Waals surface area (Å²) in [5, 5.41) is 5.63. The van der Waals surface area contributed by atoms with Gasteiger partial charge in [-0.15, -0.1) is 11.3 Å². The smallest absolute Gasteiger partial charge is 0.230 e. The summed E-state index contributed by atoms with van der Waals surface area (Å²) >= 11 is 1.54. The molecule has 0 saturated carbocycles. The Morgan fingerprint density at radius 3 is 2.55 bits per heavy atom. The van der Waals surface area contributed by atoms with Crippen molar-refractivity contribution >= 4 is 22.9 Å². The van der Waals surface area contributed by atoms with Crippen molar-refractivity contribution in [3.05, 3.63) is 58.8 Å². The van der Waals surface area contributed by atoms with Crippen molar-refractivity contribution in [1.29, 1.82) is 0 Å². The summed E-state index contributed by atoms with van der Waals surface area (Å²) in [6.07, 6.45) is 3.48. The lowest BCUT2D eigenvalue weighted by Crippen LogP contribution is -2.15. The van der Waals surface area contributed by atoms with E-state index < -0.39 is 0 Å². The third-order valence-electron chi connectivity index (χ3n) is 2.98. The molecule has 110 valence electrons. The van der Waals surface area contributed by atoms with E-state index in [9.17, 15) is 4.79 Å². The number of nitrogens with one attached hydrogen (secondary N) is 1. The number of carbonyl (C=O) groups is 1. The van der Waals surface area contributed by atoms with Gasteiger partial charge in [0.2, 0.25) is 5.91 Å². The highest BCUT2D eigenvalue weighted by molar-refractivity contribution is 7.09. The molecule has 0 aliphatic heterocycles. The SMILES string of the molecule is Cc1nc(CC(=O)Nc2cnc(-c3ccccc3)nc2)cs1. The molecule has 3 aromatic rings. The van der Waals surface area contributed by atoms with Gasteiger partial charge in [-0.3, -0.25) is 4.79 Å². The Labute approximate surface area is 132 Å². The second-order valence-electron chi connectivity index (χ2n) is 4.74. The predicted octanol–water partition coefficient (Wildman–Crippen LogP) is 3.09. The molecule has 1 N–H and O–H groups in total. The Hall–Kier alpha value is -2.60. The largest absolute Gasteiger partial charge is 0.323 e. The lowest BCUT2D eigenvalue weighted by atomic mass is 10.2. The minimum absolute atomic E-state index is 0.124. The molecule has 0 bridgehead atoms. The minimum Gasteiger partial charge on any atom is -0.323 e. The van der Waals surface area contributed by atoms with E-state index in [1.165, 1.54) is 11.3 Å². The minimum atomic E-state index is -0.124. The van der Waals surface area contributed by atoms with E-state index in [1.807, 2.05) is 42.6 Å². The molecule has 2 heterocycles. The molecule has 3 rings (SSSR count). The Bertz CT molecular complexity index is 768. The van der Waals surface area contributed by atoms with E-state index in [2.05, 4.69) is 20.3 Å². The van der Waals surface area contributed by atoms with Crippen LogP contribution in [0.3, 0.4) is 0 Å². The van der Waals surface area contributed by atoms with E-state index in [0.29, 0.717) is 11.5 Å². The van der Waals surface area contributed by atoms with Gasteiger partial charge < -0.3 is 5.32 Å². The van der Waals surface area contributed by atoms with Crippen LogP contribution >= 0.6 is 11.3 Å². The van der Waals surface area contributed by atoms with Crippen molar-refractivity contribution in [3.63, 3.8) is 0 Å². The Morgan fingerprint density at radius 2 is 1.91 bits per heavy atom. The van der Waals surface area contributed by atoms with Gasteiger partial charge in [0.25, 0.3) is 0 Å². The van der Waals surface area contributed by atoms with E-state index in [0.717, 1.165) is 16.3 Å². The van der Waals surface area contributed by atoms with Crippen LogP contribution in [0.2, 0.25) is 0 Å². The predicted molar refractivity (Wildman–Crippen MR) is 86.7 cm³/mol. The van der Waals surface area contributed by atoms with Gasteiger partial charge in [-0.05, 0) is 6.92 Å². The monoisotopic (exact) mass is 310 g/mol. The van der Waals surface area contributed by atoms with Crippen molar-refractivity contribution in [1.82, 2.24) is 15.0 Å². The van der Waals surface area contributed by atoms with Crippen LogP contribution in [-0.2, 0) is 11.2 Å². The van der Waals surface area contributed by atoms with Crippen molar-refractivity contribution < 1.29 is 4.79 Å². The van der Waals surface area contributed by atoms with Gasteiger partial charge in [-0.1, -0.05) is 30.3 Å². The number of aromatic nitrogens is 3. The summed E-state index contributed by atoms with van der Waals surface area (Å²) in [5.74, 6) is 0.509. The number of nitrogens with zero attached hydrogens (tertiary/aromatic N) is 3. The highest BCUT2D eigenvalue weighted by atomic mass is 32.1. The van der Waals surface area contributed by atoms with Crippen molar-refractivity contribution in [2.24, 2.45) is 0 Å². The number of benzene rings is 1. The highest BCUT2D eigenvalue weighted by Crippen LogP contribution is 2.15. The second kappa shape index (κ2) is 6.44. The number of thiazole rings is 1. The summed E-state index contributed by atoms with van der Waals surface area (Å²) in [4.78, 5) is 24.8. The summed E-state index contributed by atoms with van der Waals surface area (Å²) < 4.78 is 0. The lowest BCUT2D eigenvalue weighted by Gasteiger charge is -2.04. The van der Waals surface area contributed by atoms with Crippen molar-refractivity contribution in [2.75, 3.05) is 5.32 Å². The average Bonchev–Trinajstić information content (AvgIpc) is 2.94. The second-order valence-corrected chi connectivity index (χ2v) is 5.81. The Morgan fingerprint density at radius 1 is 1.18 bits per heavy atom. The molecule has 0 aliphatic rings. The van der Waals surface area contributed by atoms with Crippen molar-refractivity contribution in [2.45, 2.75) is 13.3 Å². The van der Waals surface area contributed by atoms with Gasteiger partial charge in [0, 0.05) is 10.9 Å². The Balaban J connectivity index is 1.65. The van der Waals surface area contributed by atoms with Crippen LogP contribution in [0.25, 0.3) is 11.4 Å². The molecular formula is C16H14N4OS. The van der Waals surface area contributed by atoms with Gasteiger partial charge in [0.1, 0.15) is 0 Å². The van der Waals surface area contributed by atoms with Crippen LogP contribution in [0.1, 0.15) is 10.7 Å². The fourth-order valence-corrected chi connectivity index (χ4v) is 2.60. The zero-order valence-electron chi connectivity index (χ0n) is 12.0. The van der Waals surface area contributed by atoms with Crippen LogP contribution in [0.5, 0.6) is 0 Å². The fraction of sp³-hybridized carbons (Fsp3) is 0.125. The molecule has 5 nitrogen and oxygen atoms in total. The standard InChI is InChI=1S/C16H14N4OS/c1-11-19-13(10-22-11)7-15(21)20-14-8-17-16(18-9-14)12-5-3-2-4-6-12/h2-6,8-10H,7H2,1H3,(H,20,21). The lowest BCUT2D eigenvalue weighted by molar-refractivity contribution is -0.115. The average molecular weight is 310 g/mol. The fourth-order valence-electron chi connectivity index (χ4n) is 1.99. The number of hydrogen-bond donors (Lipinski definition) is 1. The van der Waals surface area contributed by atoms with E-state index >= 15 is 0 Å². The number of hydrogen-bond acceptors (Lipinski definition) is 5. The van der Waals surface area contributed by atoms with E-state index in [-0.39, 0.29) is 12.3 Å². The number of rotatable bonds is 4. The van der Waals surface area contributed by atoms with Gasteiger partial charge in [0.05, 0.1) is 35.2 Å². The summed E-state index contributed by atoms with van der Waals surface area (Å²) in [5.41, 5.74) is 2.30. The van der Waals surface area contributed by atoms with Crippen LogP contribution in [0.15, 0.2) is 48.1 Å². The van der Waals surface area contributed by atoms with Gasteiger partial charge >= 0.3 is 0 Å². The molecule has 6 heteroatoms. The van der Waals surface area contributed by atoms with Crippen molar-refractivity contribution in [3.8, 4) is 11.4 Å². The maximum atomic E-state index is 11.9. The van der Waals surface area contributed by atoms with Gasteiger partial charge in [-0.2, -0.15) is 0 Å². The molecule has 1 amide bonds. The highest BCUT2D eigenvalue weighted by Gasteiger charge is 2.08. The number of aryl methyl sites for hydroxylation is 1. The van der Waals surface area contributed by atoms with Gasteiger partial charge in [0.15, 0.2) is 5.82 Å². The first-order valence-corrected chi connectivity index (χ1v) is 7.67. The molecule has 0 spiro atoms. The summed E-state index contributed by atoms with van der Waals surface area (Å²) in [6.45, 7) is 1.92. The van der Waals surface area contributed by atoms with Crippen LogP contribution < -0.4 is 5.32 Å². The molecule has 0 atom stereocenters. The molecule has 0 fully saturated rings. The topological polar surface area (TPSA) is 67.8 Å². The van der Waals surface area contributed by atoms with E-state index in [4.69, 9.17) is 0 Å². The number of carbonyl (C=O) groups excluding carboxylic acids is 1. The molecule has 2 aromatic heterocycles. The van der Waals surface area contributed by atoms with Gasteiger partial charge in [-0.25, -0.2) is 15.0 Å². The maximum absolute atomic E-state index is 11.9. The zero-order chi connectivity index (χ0) is 15.4. The summed E-state index contributed by atoms with van der Waals surface area (Å²) in [6, 6.07) is 9.70. The first-order chi connectivity index (χ1) is 10.7. The van der Waals surface area contributed by atoms with Crippen LogP contribution in [0.4, 0.5) is 5.69 Å². The quantitative estimate of drug-likeness (QED) is 0.804.